The molecule has 0 amide bonds. The summed E-state index contributed by atoms with van der Waals surface area (Å²) in [6.45, 7) is 2.32. The Morgan fingerprint density at radius 3 is 2.95 bits per heavy atom. The van der Waals surface area contributed by atoms with Crippen molar-refractivity contribution in [2.45, 2.75) is 51.0 Å². The van der Waals surface area contributed by atoms with Crippen LogP contribution in [0, 0.1) is 22.0 Å². The van der Waals surface area contributed by atoms with Crippen LogP contribution in [0.3, 0.4) is 0 Å². The number of fused-ring (bicyclic) bond motifs is 2. The van der Waals surface area contributed by atoms with Gasteiger partial charge in [-0.1, -0.05) is 31.4 Å². The standard InChI is InChI=1S/C16H21ClN2O2/c1-11-7-12-3-2-6-16(9-11,10-12)18-15-5-4-13(19(20)21)8-14(15)17/h4-5,8,11-12,18H,2-3,6-7,9-10H2,1H3. The first-order chi connectivity index (χ1) is 9.97. The average Bonchev–Trinajstić information content (AvgIpc) is 2.40. The Balaban J connectivity index is 1.83. The highest BCUT2D eigenvalue weighted by Crippen LogP contribution is 2.47. The number of benzene rings is 1. The molecule has 0 aliphatic heterocycles. The molecule has 3 rings (SSSR count). The Hall–Kier alpha value is -1.29. The highest BCUT2D eigenvalue weighted by atomic mass is 35.5. The molecule has 2 fully saturated rings. The van der Waals surface area contributed by atoms with Crippen molar-refractivity contribution in [1.29, 1.82) is 0 Å². The normalized spacial score (nSPS) is 31.7. The fraction of sp³-hybridized carbons (Fsp3) is 0.625. The van der Waals surface area contributed by atoms with E-state index in [0.29, 0.717) is 5.02 Å². The summed E-state index contributed by atoms with van der Waals surface area (Å²) in [7, 11) is 0. The molecule has 0 spiro atoms. The van der Waals surface area contributed by atoms with E-state index in [1.807, 2.05) is 0 Å². The third kappa shape index (κ3) is 3.00. The SMILES string of the molecule is CC1CC2CCCC(Nc3ccc([N+](=O)[O-])cc3Cl)(C1)C2. The van der Waals surface area contributed by atoms with E-state index in [1.54, 1.807) is 6.07 Å². The van der Waals surface area contributed by atoms with Crippen LogP contribution in [0.25, 0.3) is 0 Å². The highest BCUT2D eigenvalue weighted by molar-refractivity contribution is 6.33. The van der Waals surface area contributed by atoms with Gasteiger partial charge < -0.3 is 5.32 Å². The Morgan fingerprint density at radius 1 is 1.43 bits per heavy atom. The predicted octanol–water partition coefficient (Wildman–Crippen LogP) is 5.02. The second-order valence-electron chi connectivity index (χ2n) is 6.83. The highest BCUT2D eigenvalue weighted by Gasteiger charge is 2.42. The molecule has 1 aromatic carbocycles. The first-order valence-electron chi connectivity index (χ1n) is 7.70. The molecular weight excluding hydrogens is 288 g/mol. The number of hydrogen-bond acceptors (Lipinski definition) is 3. The maximum atomic E-state index is 10.8. The van der Waals surface area contributed by atoms with Gasteiger partial charge >= 0.3 is 0 Å². The number of anilines is 1. The van der Waals surface area contributed by atoms with Gasteiger partial charge in [-0.3, -0.25) is 10.1 Å². The van der Waals surface area contributed by atoms with Gasteiger partial charge in [-0.05, 0) is 43.6 Å². The van der Waals surface area contributed by atoms with Gasteiger partial charge in [-0.15, -0.1) is 0 Å². The van der Waals surface area contributed by atoms with Crippen LogP contribution in [-0.2, 0) is 0 Å². The number of rotatable bonds is 3. The van der Waals surface area contributed by atoms with Crippen LogP contribution in [0.15, 0.2) is 18.2 Å². The molecule has 0 heterocycles. The fourth-order valence-corrected chi connectivity index (χ4v) is 4.58. The molecular formula is C16H21ClN2O2. The molecule has 3 unspecified atom stereocenters. The molecule has 21 heavy (non-hydrogen) atoms. The Labute approximate surface area is 130 Å². The van der Waals surface area contributed by atoms with E-state index in [0.717, 1.165) is 23.9 Å². The molecule has 2 bridgehead atoms. The van der Waals surface area contributed by atoms with E-state index in [1.165, 1.54) is 44.2 Å². The third-order valence-electron chi connectivity index (χ3n) is 4.99. The van der Waals surface area contributed by atoms with Crippen molar-refractivity contribution in [3.05, 3.63) is 33.3 Å². The summed E-state index contributed by atoms with van der Waals surface area (Å²) in [5.41, 5.74) is 0.999. The molecule has 4 nitrogen and oxygen atoms in total. The first-order valence-corrected chi connectivity index (χ1v) is 8.07. The number of nitrogens with zero attached hydrogens (tertiary/aromatic N) is 1. The van der Waals surface area contributed by atoms with Gasteiger partial charge in [0.15, 0.2) is 0 Å². The van der Waals surface area contributed by atoms with Gasteiger partial charge in [0, 0.05) is 17.7 Å². The second-order valence-corrected chi connectivity index (χ2v) is 7.24. The predicted molar refractivity (Wildman–Crippen MR) is 84.8 cm³/mol. The summed E-state index contributed by atoms with van der Waals surface area (Å²) in [4.78, 5) is 10.4. The first kappa shape index (κ1) is 14.6. The zero-order valence-electron chi connectivity index (χ0n) is 12.3. The van der Waals surface area contributed by atoms with Crippen LogP contribution in [0.5, 0.6) is 0 Å². The topological polar surface area (TPSA) is 55.2 Å². The van der Waals surface area contributed by atoms with Gasteiger partial charge in [0.05, 0.1) is 15.6 Å². The van der Waals surface area contributed by atoms with Crippen molar-refractivity contribution in [2.24, 2.45) is 11.8 Å². The summed E-state index contributed by atoms with van der Waals surface area (Å²) in [5, 5.41) is 14.9. The van der Waals surface area contributed by atoms with E-state index < -0.39 is 4.92 Å². The largest absolute Gasteiger partial charge is 0.378 e. The maximum Gasteiger partial charge on any atom is 0.271 e. The summed E-state index contributed by atoms with van der Waals surface area (Å²) in [6.07, 6.45) is 7.46. The van der Waals surface area contributed by atoms with Crippen LogP contribution < -0.4 is 5.32 Å². The maximum absolute atomic E-state index is 10.8. The summed E-state index contributed by atoms with van der Waals surface area (Å²) >= 11 is 6.24. The Bertz CT molecular complexity index is 559. The van der Waals surface area contributed by atoms with Crippen molar-refractivity contribution >= 4 is 23.0 Å². The van der Waals surface area contributed by atoms with Gasteiger partial charge in [-0.25, -0.2) is 0 Å². The molecule has 0 radical (unpaired) electrons. The van der Waals surface area contributed by atoms with Crippen LogP contribution >= 0.6 is 11.6 Å². The molecule has 1 N–H and O–H groups in total. The van der Waals surface area contributed by atoms with E-state index in [4.69, 9.17) is 11.6 Å². The minimum absolute atomic E-state index is 0.0431. The van der Waals surface area contributed by atoms with Crippen molar-refractivity contribution in [3.8, 4) is 0 Å². The van der Waals surface area contributed by atoms with E-state index >= 15 is 0 Å². The minimum Gasteiger partial charge on any atom is -0.378 e. The number of hydrogen-bond donors (Lipinski definition) is 1. The average molecular weight is 309 g/mol. The lowest BCUT2D eigenvalue weighted by molar-refractivity contribution is -0.384. The van der Waals surface area contributed by atoms with Crippen LogP contribution in [0.4, 0.5) is 11.4 Å². The molecule has 114 valence electrons. The molecule has 0 saturated heterocycles. The van der Waals surface area contributed by atoms with Gasteiger partial charge in [0.2, 0.25) is 0 Å². The van der Waals surface area contributed by atoms with Crippen molar-refractivity contribution in [3.63, 3.8) is 0 Å². The van der Waals surface area contributed by atoms with Crippen LogP contribution in [0.1, 0.15) is 45.4 Å². The Kier molecular flexibility index (Phi) is 3.82. The molecule has 2 aliphatic carbocycles. The third-order valence-corrected chi connectivity index (χ3v) is 5.30. The monoisotopic (exact) mass is 308 g/mol. The van der Waals surface area contributed by atoms with E-state index in [-0.39, 0.29) is 11.2 Å². The lowest BCUT2D eigenvalue weighted by Crippen LogP contribution is -2.47. The number of non-ortho nitro benzene ring substituents is 1. The molecule has 0 aromatic heterocycles. The molecule has 5 heteroatoms. The molecule has 1 aromatic rings. The van der Waals surface area contributed by atoms with Crippen molar-refractivity contribution in [1.82, 2.24) is 0 Å². The summed E-state index contributed by atoms with van der Waals surface area (Å²) in [6, 6.07) is 4.71. The molecule has 2 saturated carbocycles. The van der Waals surface area contributed by atoms with Gasteiger partial charge in [0.25, 0.3) is 5.69 Å². The second kappa shape index (κ2) is 5.48. The van der Waals surface area contributed by atoms with E-state index in [9.17, 15) is 10.1 Å². The van der Waals surface area contributed by atoms with Crippen molar-refractivity contribution < 1.29 is 4.92 Å². The quantitative estimate of drug-likeness (QED) is 0.630. The fourth-order valence-electron chi connectivity index (χ4n) is 4.36. The zero-order chi connectivity index (χ0) is 15.0. The van der Waals surface area contributed by atoms with Crippen LogP contribution in [0.2, 0.25) is 5.02 Å². The van der Waals surface area contributed by atoms with E-state index in [2.05, 4.69) is 12.2 Å². The number of nitro benzene ring substituents is 1. The lowest BCUT2D eigenvalue weighted by Gasteiger charge is -2.48. The van der Waals surface area contributed by atoms with Crippen molar-refractivity contribution in [2.75, 3.05) is 5.32 Å². The number of nitro groups is 1. The minimum atomic E-state index is -0.409. The molecule has 3 atom stereocenters. The zero-order valence-corrected chi connectivity index (χ0v) is 13.0. The summed E-state index contributed by atoms with van der Waals surface area (Å²) < 4.78 is 0. The smallest absolute Gasteiger partial charge is 0.271 e. The lowest BCUT2D eigenvalue weighted by atomic mass is 9.64. The number of halogens is 1. The molecule has 2 aliphatic rings. The summed E-state index contributed by atoms with van der Waals surface area (Å²) in [5.74, 6) is 1.54. The number of nitrogens with one attached hydrogen (secondary N) is 1. The van der Waals surface area contributed by atoms with Gasteiger partial charge in [-0.2, -0.15) is 0 Å². The Morgan fingerprint density at radius 2 is 2.24 bits per heavy atom. The van der Waals surface area contributed by atoms with Gasteiger partial charge in [0.1, 0.15) is 0 Å². The van der Waals surface area contributed by atoms with Crippen LogP contribution in [-0.4, -0.2) is 10.5 Å².